The topological polar surface area (TPSA) is 41.5 Å². The summed E-state index contributed by atoms with van der Waals surface area (Å²) in [5.41, 5.74) is 3.69. The second-order valence-corrected chi connectivity index (χ2v) is 8.13. The molecule has 0 aromatic heterocycles. The molecule has 1 saturated carbocycles. The van der Waals surface area contributed by atoms with Gasteiger partial charge in [-0.2, -0.15) is 0 Å². The number of halogens is 1. The first-order chi connectivity index (χ1) is 11.9. The van der Waals surface area contributed by atoms with Crippen LogP contribution in [0.3, 0.4) is 0 Å². The van der Waals surface area contributed by atoms with Crippen LogP contribution in [0.25, 0.3) is 0 Å². The van der Waals surface area contributed by atoms with Gasteiger partial charge in [-0.3, -0.25) is 9.79 Å². The van der Waals surface area contributed by atoms with Crippen molar-refractivity contribution in [1.29, 1.82) is 0 Å². The zero-order valence-electron chi connectivity index (χ0n) is 14.4. The third-order valence-corrected chi connectivity index (χ3v) is 5.42. The predicted octanol–water partition coefficient (Wildman–Crippen LogP) is 5.58. The minimum atomic E-state index is -0.277. The van der Waals surface area contributed by atoms with Crippen molar-refractivity contribution >= 4 is 34.5 Å². The number of hydrogen-bond acceptors (Lipinski definition) is 3. The summed E-state index contributed by atoms with van der Waals surface area (Å²) in [5, 5.41) is 4.23. The normalized spacial score (nSPS) is 24.4. The Kier molecular flexibility index (Phi) is 3.92. The van der Waals surface area contributed by atoms with Crippen molar-refractivity contribution < 1.29 is 4.79 Å². The first-order valence-electron chi connectivity index (χ1n) is 8.65. The monoisotopic (exact) mass is 352 g/mol. The van der Waals surface area contributed by atoms with Crippen molar-refractivity contribution in [3.63, 3.8) is 0 Å². The Morgan fingerprint density at radius 1 is 1.08 bits per heavy atom. The lowest BCUT2D eigenvalue weighted by atomic mass is 9.68. The smallest absolute Gasteiger partial charge is 0.144 e. The average molecular weight is 353 g/mol. The zero-order chi connectivity index (χ0) is 17.6. The van der Waals surface area contributed by atoms with E-state index in [1.165, 1.54) is 0 Å². The van der Waals surface area contributed by atoms with Gasteiger partial charge in [-0.25, -0.2) is 0 Å². The van der Waals surface area contributed by atoms with Crippen LogP contribution in [0.4, 0.5) is 11.4 Å². The molecule has 2 aromatic rings. The Hall–Kier alpha value is -2.13. The van der Waals surface area contributed by atoms with E-state index in [1.807, 2.05) is 48.5 Å². The van der Waals surface area contributed by atoms with Gasteiger partial charge in [-0.1, -0.05) is 55.8 Å². The molecule has 4 heteroatoms. The van der Waals surface area contributed by atoms with Crippen LogP contribution in [0.1, 0.15) is 38.3 Å². The van der Waals surface area contributed by atoms with E-state index in [4.69, 9.17) is 16.6 Å². The van der Waals surface area contributed by atoms with E-state index in [9.17, 15) is 4.79 Å². The summed E-state index contributed by atoms with van der Waals surface area (Å²) < 4.78 is 0. The maximum absolute atomic E-state index is 13.1. The summed E-state index contributed by atoms with van der Waals surface area (Å²) in [4.78, 5) is 18.0. The number of aliphatic imine (C=N–C) groups is 1. The molecule has 4 rings (SSSR count). The predicted molar refractivity (Wildman–Crippen MR) is 103 cm³/mol. The number of anilines is 1. The summed E-state index contributed by atoms with van der Waals surface area (Å²) in [7, 11) is 0. The Labute approximate surface area is 153 Å². The number of para-hydroxylation sites is 2. The molecule has 0 amide bonds. The van der Waals surface area contributed by atoms with Gasteiger partial charge >= 0.3 is 0 Å². The number of carbonyl (C=O) groups excluding carboxylic acids is 1. The number of benzene rings is 2. The summed E-state index contributed by atoms with van der Waals surface area (Å²) in [5.74, 6) is -0.0412. The first-order valence-corrected chi connectivity index (χ1v) is 9.03. The Balaban J connectivity index is 1.89. The average Bonchev–Trinajstić information content (AvgIpc) is 2.70. The molecule has 0 bridgehead atoms. The molecule has 1 heterocycles. The molecule has 1 N–H and O–H groups in total. The van der Waals surface area contributed by atoms with Crippen molar-refractivity contribution in [3.8, 4) is 0 Å². The van der Waals surface area contributed by atoms with Gasteiger partial charge in [-0.05, 0) is 35.6 Å². The van der Waals surface area contributed by atoms with Gasteiger partial charge in [0.05, 0.1) is 23.3 Å². The number of carbonyl (C=O) groups is 1. The molecule has 0 spiro atoms. The fourth-order valence-corrected chi connectivity index (χ4v) is 4.25. The van der Waals surface area contributed by atoms with Crippen LogP contribution >= 0.6 is 11.6 Å². The number of ketones is 1. The van der Waals surface area contributed by atoms with E-state index in [0.717, 1.165) is 29.1 Å². The summed E-state index contributed by atoms with van der Waals surface area (Å²) >= 11 is 6.48. The third-order valence-electron chi connectivity index (χ3n) is 5.07. The molecule has 0 radical (unpaired) electrons. The standard InChI is InChI=1S/C21H21ClN2O/c1-21(2)11-17-19(18(25)12-21)20(13-7-3-4-8-14(13)22)24-16-10-6-5-9-15(16)23-17/h3-10,19-20,24H,11-12H2,1-2H3/t19?,20-/m0/s1. The van der Waals surface area contributed by atoms with E-state index in [2.05, 4.69) is 19.2 Å². The minimum Gasteiger partial charge on any atom is -0.375 e. The maximum atomic E-state index is 13.1. The summed E-state index contributed by atoms with van der Waals surface area (Å²) in [6.07, 6.45) is 1.38. The lowest BCUT2D eigenvalue weighted by Crippen LogP contribution is -2.42. The Morgan fingerprint density at radius 2 is 1.80 bits per heavy atom. The van der Waals surface area contributed by atoms with Gasteiger partial charge in [0, 0.05) is 17.2 Å². The van der Waals surface area contributed by atoms with Gasteiger partial charge in [-0.15, -0.1) is 0 Å². The molecule has 2 aliphatic rings. The largest absolute Gasteiger partial charge is 0.375 e. The lowest BCUT2D eigenvalue weighted by molar-refractivity contribution is -0.124. The van der Waals surface area contributed by atoms with Gasteiger partial charge in [0.15, 0.2) is 0 Å². The Morgan fingerprint density at radius 3 is 2.60 bits per heavy atom. The first kappa shape index (κ1) is 16.3. The van der Waals surface area contributed by atoms with Crippen LogP contribution in [-0.4, -0.2) is 11.5 Å². The van der Waals surface area contributed by atoms with Crippen molar-refractivity contribution in [2.24, 2.45) is 16.3 Å². The highest BCUT2D eigenvalue weighted by Gasteiger charge is 2.44. The molecular formula is C21H21ClN2O. The molecule has 128 valence electrons. The summed E-state index contributed by atoms with van der Waals surface area (Å²) in [6, 6.07) is 15.5. The van der Waals surface area contributed by atoms with Gasteiger partial charge < -0.3 is 5.32 Å². The molecular weight excluding hydrogens is 332 g/mol. The summed E-state index contributed by atoms with van der Waals surface area (Å²) in [6.45, 7) is 4.27. The quantitative estimate of drug-likeness (QED) is 0.727. The van der Waals surface area contributed by atoms with Crippen molar-refractivity contribution in [1.82, 2.24) is 0 Å². The molecule has 1 unspecified atom stereocenters. The molecule has 2 atom stereocenters. The number of hydrogen-bond donors (Lipinski definition) is 1. The minimum absolute atomic E-state index is 0.0588. The van der Waals surface area contributed by atoms with Gasteiger partial charge in [0.1, 0.15) is 5.78 Å². The maximum Gasteiger partial charge on any atom is 0.144 e. The van der Waals surface area contributed by atoms with Crippen LogP contribution in [0.15, 0.2) is 53.5 Å². The van der Waals surface area contributed by atoms with Gasteiger partial charge in [0.2, 0.25) is 0 Å². The van der Waals surface area contributed by atoms with Crippen LogP contribution in [-0.2, 0) is 4.79 Å². The third kappa shape index (κ3) is 2.98. The highest BCUT2D eigenvalue weighted by atomic mass is 35.5. The molecule has 1 aliphatic carbocycles. The zero-order valence-corrected chi connectivity index (χ0v) is 15.2. The number of nitrogens with zero attached hydrogens (tertiary/aromatic N) is 1. The SMILES string of the molecule is CC1(C)CC(=O)C2C(=Nc3ccccc3N[C@H]2c2ccccc2Cl)C1. The highest BCUT2D eigenvalue weighted by Crippen LogP contribution is 2.45. The fourth-order valence-electron chi connectivity index (χ4n) is 4.00. The molecule has 0 saturated heterocycles. The number of rotatable bonds is 1. The molecule has 3 nitrogen and oxygen atoms in total. The second kappa shape index (κ2) is 5.99. The van der Waals surface area contributed by atoms with Crippen LogP contribution in [0.5, 0.6) is 0 Å². The van der Waals surface area contributed by atoms with E-state index >= 15 is 0 Å². The van der Waals surface area contributed by atoms with E-state index in [1.54, 1.807) is 0 Å². The van der Waals surface area contributed by atoms with Gasteiger partial charge in [0.25, 0.3) is 0 Å². The number of fused-ring (bicyclic) bond motifs is 2. The van der Waals surface area contributed by atoms with Crippen LogP contribution in [0, 0.1) is 11.3 Å². The molecule has 25 heavy (non-hydrogen) atoms. The number of Topliss-reactive ketones (excluding diaryl/α,β-unsaturated/α-hetero) is 1. The van der Waals surface area contributed by atoms with E-state index in [-0.39, 0.29) is 23.2 Å². The van der Waals surface area contributed by atoms with Crippen LogP contribution < -0.4 is 5.32 Å². The molecule has 1 fully saturated rings. The molecule has 1 aliphatic heterocycles. The van der Waals surface area contributed by atoms with Crippen molar-refractivity contribution in [2.75, 3.05) is 5.32 Å². The van der Waals surface area contributed by atoms with E-state index in [0.29, 0.717) is 11.4 Å². The fraction of sp³-hybridized carbons (Fsp3) is 0.333. The highest BCUT2D eigenvalue weighted by molar-refractivity contribution is 6.31. The van der Waals surface area contributed by atoms with Crippen molar-refractivity contribution in [3.05, 3.63) is 59.1 Å². The lowest BCUT2D eigenvalue weighted by Gasteiger charge is -2.37. The number of nitrogens with one attached hydrogen (secondary N) is 1. The Bertz CT molecular complexity index is 872. The van der Waals surface area contributed by atoms with Crippen molar-refractivity contribution in [2.45, 2.75) is 32.7 Å². The van der Waals surface area contributed by atoms with Crippen LogP contribution in [0.2, 0.25) is 5.02 Å². The van der Waals surface area contributed by atoms with E-state index < -0.39 is 0 Å². The second-order valence-electron chi connectivity index (χ2n) is 7.73. The molecule has 2 aromatic carbocycles.